The molecule has 5 heteroatoms. The Bertz CT molecular complexity index is 524. The number of carbonyl (C=O) groups is 2. The van der Waals surface area contributed by atoms with Gasteiger partial charge in [0.1, 0.15) is 5.75 Å². The molecule has 1 aromatic carbocycles. The van der Waals surface area contributed by atoms with Crippen LogP contribution < -0.4 is 9.84 Å². The van der Waals surface area contributed by atoms with Gasteiger partial charge in [-0.3, -0.25) is 4.79 Å². The molecule has 2 rings (SSSR count). The average molecular weight is 304 g/mol. The normalized spacial score (nSPS) is 17.8. The number of aliphatic carboxylic acids is 1. The summed E-state index contributed by atoms with van der Waals surface area (Å²) in [6.45, 7) is 5.37. The lowest BCUT2D eigenvalue weighted by Crippen LogP contribution is -2.46. The quantitative estimate of drug-likeness (QED) is 0.798. The van der Waals surface area contributed by atoms with Crippen molar-refractivity contribution in [2.45, 2.75) is 39.2 Å². The SMILES string of the molecule is CC(C)CCOc1ccc(C(=O)N2CCCC2C(=O)[O-])cc1. The second-order valence-corrected chi connectivity index (χ2v) is 6.03. The van der Waals surface area contributed by atoms with Gasteiger partial charge in [-0.15, -0.1) is 0 Å². The first-order valence-corrected chi connectivity index (χ1v) is 7.73. The number of carboxylic acid groups (broad SMARTS) is 1. The minimum absolute atomic E-state index is 0.263. The molecule has 0 saturated carbocycles. The van der Waals surface area contributed by atoms with Crippen molar-refractivity contribution in [1.82, 2.24) is 4.90 Å². The molecule has 0 radical (unpaired) electrons. The maximum Gasteiger partial charge on any atom is 0.254 e. The molecule has 0 spiro atoms. The lowest BCUT2D eigenvalue weighted by Gasteiger charge is -2.25. The zero-order chi connectivity index (χ0) is 16.1. The standard InChI is InChI=1S/C17H23NO4/c1-12(2)9-11-22-14-7-5-13(6-8-14)16(19)18-10-3-4-15(18)17(20)21/h5-8,12,15H,3-4,9-11H2,1-2H3,(H,20,21)/p-1. The number of amides is 1. The Labute approximate surface area is 130 Å². The largest absolute Gasteiger partial charge is 0.548 e. The van der Waals surface area contributed by atoms with Gasteiger partial charge in [0.05, 0.1) is 18.6 Å². The summed E-state index contributed by atoms with van der Waals surface area (Å²) >= 11 is 0. The number of likely N-dealkylation sites (tertiary alicyclic amines) is 1. The molecule has 22 heavy (non-hydrogen) atoms. The van der Waals surface area contributed by atoms with Gasteiger partial charge in [0, 0.05) is 12.1 Å². The van der Waals surface area contributed by atoms with Crippen molar-refractivity contribution in [1.29, 1.82) is 0 Å². The topological polar surface area (TPSA) is 69.7 Å². The number of carbonyl (C=O) groups excluding carboxylic acids is 2. The molecule has 120 valence electrons. The van der Waals surface area contributed by atoms with Gasteiger partial charge in [-0.2, -0.15) is 0 Å². The van der Waals surface area contributed by atoms with Crippen LogP contribution in [0.1, 0.15) is 43.5 Å². The second-order valence-electron chi connectivity index (χ2n) is 6.03. The highest BCUT2D eigenvalue weighted by Crippen LogP contribution is 2.21. The van der Waals surface area contributed by atoms with Gasteiger partial charge in [0.25, 0.3) is 5.91 Å². The molecule has 1 aliphatic heterocycles. The summed E-state index contributed by atoms with van der Waals surface area (Å²) in [6, 6.07) is 6.04. The van der Waals surface area contributed by atoms with Crippen LogP contribution in [-0.4, -0.2) is 36.0 Å². The lowest BCUT2D eigenvalue weighted by atomic mass is 10.1. The van der Waals surface area contributed by atoms with Crippen LogP contribution in [0.3, 0.4) is 0 Å². The van der Waals surface area contributed by atoms with E-state index in [-0.39, 0.29) is 5.91 Å². The molecular weight excluding hydrogens is 282 g/mol. The van der Waals surface area contributed by atoms with Crippen LogP contribution in [0.15, 0.2) is 24.3 Å². The molecule has 1 aliphatic rings. The highest BCUT2D eigenvalue weighted by Gasteiger charge is 2.30. The van der Waals surface area contributed by atoms with E-state index in [2.05, 4.69) is 13.8 Å². The Hall–Kier alpha value is -2.04. The van der Waals surface area contributed by atoms with Crippen molar-refractivity contribution in [2.24, 2.45) is 5.92 Å². The summed E-state index contributed by atoms with van der Waals surface area (Å²) in [7, 11) is 0. The van der Waals surface area contributed by atoms with Crippen molar-refractivity contribution in [3.05, 3.63) is 29.8 Å². The van der Waals surface area contributed by atoms with Gasteiger partial charge >= 0.3 is 0 Å². The molecule has 5 nitrogen and oxygen atoms in total. The molecule has 1 fully saturated rings. The first kappa shape index (κ1) is 16.3. The molecule has 1 amide bonds. The summed E-state index contributed by atoms with van der Waals surface area (Å²) < 4.78 is 5.61. The number of hydrogen-bond acceptors (Lipinski definition) is 4. The minimum Gasteiger partial charge on any atom is -0.548 e. The predicted octanol–water partition coefficient (Wildman–Crippen LogP) is 1.47. The molecule has 0 N–H and O–H groups in total. The summed E-state index contributed by atoms with van der Waals surface area (Å²) in [5.41, 5.74) is 0.476. The fraction of sp³-hybridized carbons (Fsp3) is 0.529. The van der Waals surface area contributed by atoms with Gasteiger partial charge in [-0.1, -0.05) is 13.8 Å². The third-order valence-corrected chi connectivity index (χ3v) is 3.85. The third kappa shape index (κ3) is 4.00. The summed E-state index contributed by atoms with van der Waals surface area (Å²) in [4.78, 5) is 24.8. The van der Waals surface area contributed by atoms with E-state index >= 15 is 0 Å². The second kappa shape index (κ2) is 7.29. The van der Waals surface area contributed by atoms with E-state index in [1.54, 1.807) is 24.3 Å². The van der Waals surface area contributed by atoms with Crippen LogP contribution in [0.5, 0.6) is 5.75 Å². The van der Waals surface area contributed by atoms with Crippen molar-refractivity contribution in [3.63, 3.8) is 0 Å². The van der Waals surface area contributed by atoms with E-state index in [1.807, 2.05) is 0 Å². The Balaban J connectivity index is 1.97. The fourth-order valence-electron chi connectivity index (χ4n) is 2.53. The van der Waals surface area contributed by atoms with Crippen molar-refractivity contribution < 1.29 is 19.4 Å². The monoisotopic (exact) mass is 304 g/mol. The smallest absolute Gasteiger partial charge is 0.254 e. The van der Waals surface area contributed by atoms with E-state index in [9.17, 15) is 14.7 Å². The van der Waals surface area contributed by atoms with E-state index in [0.29, 0.717) is 37.5 Å². The molecule has 0 bridgehead atoms. The molecule has 1 atom stereocenters. The number of rotatable bonds is 6. The number of benzene rings is 1. The molecule has 1 unspecified atom stereocenters. The van der Waals surface area contributed by atoms with Crippen LogP contribution in [0.2, 0.25) is 0 Å². The fourth-order valence-corrected chi connectivity index (χ4v) is 2.53. The van der Waals surface area contributed by atoms with Gasteiger partial charge in [-0.05, 0) is 49.4 Å². The van der Waals surface area contributed by atoms with Crippen LogP contribution in [-0.2, 0) is 4.79 Å². The summed E-state index contributed by atoms with van der Waals surface area (Å²) in [6.07, 6.45) is 2.13. The van der Waals surface area contributed by atoms with Gasteiger partial charge in [0.15, 0.2) is 0 Å². The van der Waals surface area contributed by atoms with Crippen LogP contribution in [0.4, 0.5) is 0 Å². The number of ether oxygens (including phenoxy) is 1. The maximum atomic E-state index is 12.4. The van der Waals surface area contributed by atoms with Gasteiger partial charge in [0.2, 0.25) is 0 Å². The lowest BCUT2D eigenvalue weighted by molar-refractivity contribution is -0.310. The zero-order valence-corrected chi connectivity index (χ0v) is 13.1. The van der Waals surface area contributed by atoms with E-state index < -0.39 is 12.0 Å². The first-order chi connectivity index (χ1) is 10.5. The third-order valence-electron chi connectivity index (χ3n) is 3.85. The van der Waals surface area contributed by atoms with Crippen LogP contribution in [0, 0.1) is 5.92 Å². The number of nitrogens with zero attached hydrogens (tertiary/aromatic N) is 1. The van der Waals surface area contributed by atoms with E-state index in [0.717, 1.165) is 12.2 Å². The molecule has 1 aromatic rings. The maximum absolute atomic E-state index is 12.4. The van der Waals surface area contributed by atoms with E-state index in [1.165, 1.54) is 4.90 Å². The Morgan fingerprint density at radius 2 is 2.00 bits per heavy atom. The zero-order valence-electron chi connectivity index (χ0n) is 13.1. The van der Waals surface area contributed by atoms with Crippen molar-refractivity contribution in [2.75, 3.05) is 13.2 Å². The van der Waals surface area contributed by atoms with Crippen LogP contribution in [0.25, 0.3) is 0 Å². The molecule has 0 aliphatic carbocycles. The number of carboxylic acids is 1. The molecular formula is C17H22NO4-. The molecule has 0 aromatic heterocycles. The van der Waals surface area contributed by atoms with Crippen LogP contribution >= 0.6 is 0 Å². The Kier molecular flexibility index (Phi) is 5.41. The highest BCUT2D eigenvalue weighted by molar-refractivity contribution is 5.96. The summed E-state index contributed by atoms with van der Waals surface area (Å²) in [5, 5.41) is 11.1. The predicted molar refractivity (Wildman–Crippen MR) is 80.5 cm³/mol. The molecule has 1 saturated heterocycles. The van der Waals surface area contributed by atoms with Gasteiger partial charge in [-0.25, -0.2) is 0 Å². The van der Waals surface area contributed by atoms with Crippen molar-refractivity contribution in [3.8, 4) is 5.75 Å². The summed E-state index contributed by atoms with van der Waals surface area (Å²) in [5.74, 6) is -0.146. The highest BCUT2D eigenvalue weighted by atomic mass is 16.5. The first-order valence-electron chi connectivity index (χ1n) is 7.73. The van der Waals surface area contributed by atoms with Gasteiger partial charge < -0.3 is 19.5 Å². The molecule has 1 heterocycles. The van der Waals surface area contributed by atoms with E-state index in [4.69, 9.17) is 4.74 Å². The average Bonchev–Trinajstić information content (AvgIpc) is 2.96. The van der Waals surface area contributed by atoms with Crippen molar-refractivity contribution >= 4 is 11.9 Å². The minimum atomic E-state index is -1.18. The Morgan fingerprint density at radius 3 is 2.59 bits per heavy atom. The Morgan fingerprint density at radius 1 is 1.32 bits per heavy atom. The number of hydrogen-bond donors (Lipinski definition) is 0.